The fraction of sp³-hybridized carbons (Fsp3) is 0.636. The third-order valence-electron chi connectivity index (χ3n) is 2.73. The van der Waals surface area contributed by atoms with Gasteiger partial charge in [-0.1, -0.05) is 30.3 Å². The highest BCUT2D eigenvalue weighted by Gasteiger charge is 2.28. The molecule has 0 unspecified atom stereocenters. The molecule has 1 aromatic heterocycles. The second-order valence-electron chi connectivity index (χ2n) is 4.17. The molecule has 1 aliphatic heterocycles. The Labute approximate surface area is 125 Å². The summed E-state index contributed by atoms with van der Waals surface area (Å²) in [6, 6.07) is 0. The number of halogens is 1. The zero-order chi connectivity index (χ0) is 14.5. The van der Waals surface area contributed by atoms with Crippen LogP contribution in [0.4, 0.5) is 11.5 Å². The quantitative estimate of drug-likeness (QED) is 0.271. The third-order valence-corrected chi connectivity index (χ3v) is 4.05. The fourth-order valence-electron chi connectivity index (χ4n) is 1.81. The molecule has 110 valence electrons. The topological polar surface area (TPSA) is 81.4 Å². The van der Waals surface area contributed by atoms with Crippen LogP contribution in [0.5, 0.6) is 0 Å². The van der Waals surface area contributed by atoms with E-state index in [1.807, 2.05) is 11.8 Å². The van der Waals surface area contributed by atoms with Crippen LogP contribution in [-0.4, -0.2) is 46.9 Å². The highest BCUT2D eigenvalue weighted by atomic mass is 35.5. The van der Waals surface area contributed by atoms with Crippen molar-refractivity contribution in [3.8, 4) is 0 Å². The van der Waals surface area contributed by atoms with E-state index < -0.39 is 4.92 Å². The summed E-state index contributed by atoms with van der Waals surface area (Å²) in [4.78, 5) is 20.8. The zero-order valence-corrected chi connectivity index (χ0v) is 12.6. The highest BCUT2D eigenvalue weighted by molar-refractivity contribution is 7.99. The largest absolute Gasteiger partial charge is 0.378 e. The average molecular weight is 319 g/mol. The molecule has 0 aliphatic carbocycles. The van der Waals surface area contributed by atoms with E-state index in [1.54, 1.807) is 0 Å². The Balaban J connectivity index is 2.38. The Hall–Kier alpha value is -1.12. The summed E-state index contributed by atoms with van der Waals surface area (Å²) in [5, 5.41) is 11.6. The Morgan fingerprint density at radius 2 is 2.15 bits per heavy atom. The van der Waals surface area contributed by atoms with Crippen LogP contribution in [0.3, 0.4) is 0 Å². The van der Waals surface area contributed by atoms with Gasteiger partial charge in [-0.15, -0.1) is 0 Å². The van der Waals surface area contributed by atoms with E-state index >= 15 is 0 Å². The van der Waals surface area contributed by atoms with Crippen LogP contribution in [0.15, 0.2) is 5.16 Å². The number of thioether (sulfide) groups is 1. The molecule has 0 aromatic carbocycles. The van der Waals surface area contributed by atoms with Crippen molar-refractivity contribution >= 4 is 34.9 Å². The summed E-state index contributed by atoms with van der Waals surface area (Å²) in [6.07, 6.45) is 0.968. The molecule has 20 heavy (non-hydrogen) atoms. The number of aromatic nitrogens is 2. The molecule has 0 atom stereocenters. The van der Waals surface area contributed by atoms with Crippen LogP contribution in [-0.2, 0) is 4.74 Å². The summed E-state index contributed by atoms with van der Waals surface area (Å²) in [6.45, 7) is 4.22. The number of ether oxygens (including phenoxy) is 1. The van der Waals surface area contributed by atoms with Crippen molar-refractivity contribution in [2.75, 3.05) is 37.0 Å². The minimum atomic E-state index is -0.526. The van der Waals surface area contributed by atoms with Crippen molar-refractivity contribution in [1.82, 2.24) is 9.97 Å². The van der Waals surface area contributed by atoms with Gasteiger partial charge in [0.2, 0.25) is 11.0 Å². The Bertz CT molecular complexity index is 497. The predicted octanol–water partition coefficient (Wildman–Crippen LogP) is 2.38. The maximum absolute atomic E-state index is 11.2. The molecular weight excluding hydrogens is 304 g/mol. The van der Waals surface area contributed by atoms with Crippen molar-refractivity contribution in [3.63, 3.8) is 0 Å². The van der Waals surface area contributed by atoms with Crippen molar-refractivity contribution in [2.24, 2.45) is 0 Å². The van der Waals surface area contributed by atoms with Crippen LogP contribution in [0, 0.1) is 10.1 Å². The summed E-state index contributed by atoms with van der Waals surface area (Å²) >= 11 is 7.41. The second-order valence-corrected chi connectivity index (χ2v) is 5.59. The number of hydrogen-bond acceptors (Lipinski definition) is 7. The fourth-order valence-corrected chi connectivity index (χ4v) is 2.79. The van der Waals surface area contributed by atoms with Crippen molar-refractivity contribution in [2.45, 2.75) is 18.5 Å². The maximum atomic E-state index is 11.2. The Kier molecular flexibility index (Phi) is 5.38. The third kappa shape index (κ3) is 3.50. The average Bonchev–Trinajstić information content (AvgIpc) is 2.45. The molecule has 0 bridgehead atoms. The molecule has 9 heteroatoms. The van der Waals surface area contributed by atoms with Crippen LogP contribution in [0.25, 0.3) is 0 Å². The molecule has 1 aromatic rings. The monoisotopic (exact) mass is 318 g/mol. The lowest BCUT2D eigenvalue weighted by molar-refractivity contribution is -0.384. The van der Waals surface area contributed by atoms with E-state index in [2.05, 4.69) is 9.97 Å². The smallest absolute Gasteiger partial charge is 0.348 e. The van der Waals surface area contributed by atoms with Crippen molar-refractivity contribution in [1.29, 1.82) is 0 Å². The maximum Gasteiger partial charge on any atom is 0.348 e. The van der Waals surface area contributed by atoms with Crippen molar-refractivity contribution in [3.05, 3.63) is 15.3 Å². The molecule has 1 fully saturated rings. The van der Waals surface area contributed by atoms with Crippen LogP contribution < -0.4 is 4.90 Å². The molecule has 0 N–H and O–H groups in total. The van der Waals surface area contributed by atoms with Gasteiger partial charge in [0.05, 0.1) is 18.1 Å². The van der Waals surface area contributed by atoms with E-state index in [-0.39, 0.29) is 16.7 Å². The van der Waals surface area contributed by atoms with E-state index in [1.165, 1.54) is 11.8 Å². The summed E-state index contributed by atoms with van der Waals surface area (Å²) < 4.78 is 5.25. The zero-order valence-electron chi connectivity index (χ0n) is 11.0. The first kappa shape index (κ1) is 15.3. The molecule has 7 nitrogen and oxygen atoms in total. The number of rotatable bonds is 5. The van der Waals surface area contributed by atoms with Gasteiger partial charge in [-0.05, 0) is 6.42 Å². The van der Waals surface area contributed by atoms with Gasteiger partial charge in [-0.3, -0.25) is 10.1 Å². The molecule has 0 spiro atoms. The standard InChI is InChI=1S/C11H15ClN4O3S/c1-2-7-20-11-13-9(12)8(16(17)18)10(14-11)15-3-5-19-6-4-15/h2-7H2,1H3. The van der Waals surface area contributed by atoms with Gasteiger partial charge in [0.1, 0.15) is 0 Å². The van der Waals surface area contributed by atoms with E-state index in [9.17, 15) is 10.1 Å². The molecule has 0 amide bonds. The van der Waals surface area contributed by atoms with Crippen LogP contribution in [0.1, 0.15) is 13.3 Å². The summed E-state index contributed by atoms with van der Waals surface area (Å²) in [5.41, 5.74) is -0.227. The van der Waals surface area contributed by atoms with Gasteiger partial charge in [0, 0.05) is 18.8 Å². The van der Waals surface area contributed by atoms with E-state index in [0.29, 0.717) is 31.5 Å². The Morgan fingerprint density at radius 1 is 1.45 bits per heavy atom. The SMILES string of the molecule is CCCSc1nc(Cl)c([N+](=O)[O-])c(N2CCOCC2)n1. The minimum Gasteiger partial charge on any atom is -0.378 e. The molecule has 0 saturated carbocycles. The Morgan fingerprint density at radius 3 is 2.75 bits per heavy atom. The lowest BCUT2D eigenvalue weighted by Gasteiger charge is -2.27. The molecular formula is C11H15ClN4O3S. The first-order valence-corrected chi connectivity index (χ1v) is 7.67. The van der Waals surface area contributed by atoms with Crippen molar-refractivity contribution < 1.29 is 9.66 Å². The number of anilines is 1. The minimum absolute atomic E-state index is 0.106. The van der Waals surface area contributed by atoms with Gasteiger partial charge >= 0.3 is 5.69 Å². The number of morpholine rings is 1. The lowest BCUT2D eigenvalue weighted by Crippen LogP contribution is -2.37. The number of hydrogen-bond donors (Lipinski definition) is 0. The predicted molar refractivity (Wildman–Crippen MR) is 77.7 cm³/mol. The first-order valence-electron chi connectivity index (χ1n) is 6.31. The highest BCUT2D eigenvalue weighted by Crippen LogP contribution is 2.34. The van der Waals surface area contributed by atoms with E-state index in [4.69, 9.17) is 16.3 Å². The number of nitrogens with zero attached hydrogens (tertiary/aromatic N) is 4. The van der Waals surface area contributed by atoms with Crippen LogP contribution >= 0.6 is 23.4 Å². The van der Waals surface area contributed by atoms with Gasteiger partial charge in [0.15, 0.2) is 5.16 Å². The van der Waals surface area contributed by atoms with Gasteiger partial charge < -0.3 is 9.64 Å². The van der Waals surface area contributed by atoms with Gasteiger partial charge in [0.25, 0.3) is 0 Å². The molecule has 0 radical (unpaired) electrons. The van der Waals surface area contributed by atoms with Crippen LogP contribution in [0.2, 0.25) is 5.15 Å². The summed E-state index contributed by atoms with van der Waals surface area (Å²) in [7, 11) is 0. The molecule has 1 saturated heterocycles. The van der Waals surface area contributed by atoms with E-state index in [0.717, 1.165) is 12.2 Å². The lowest BCUT2D eigenvalue weighted by atomic mass is 10.3. The van der Waals surface area contributed by atoms with Gasteiger partial charge in [-0.25, -0.2) is 4.98 Å². The first-order chi connectivity index (χ1) is 9.63. The second kappa shape index (κ2) is 7.05. The molecule has 2 rings (SSSR count). The summed E-state index contributed by atoms with van der Waals surface area (Å²) in [5.74, 6) is 1.13. The molecule has 1 aliphatic rings. The normalized spacial score (nSPS) is 15.4. The van der Waals surface area contributed by atoms with Gasteiger partial charge in [-0.2, -0.15) is 4.98 Å². The molecule has 2 heterocycles. The number of nitro groups is 1.